The maximum atomic E-state index is 15.0. The van der Waals surface area contributed by atoms with Gasteiger partial charge in [-0.1, -0.05) is 126 Å². The van der Waals surface area contributed by atoms with Crippen molar-refractivity contribution in [3.05, 3.63) is 132 Å². The van der Waals surface area contributed by atoms with Gasteiger partial charge in [0.1, 0.15) is 0 Å². The van der Waals surface area contributed by atoms with E-state index < -0.39 is 0 Å². The van der Waals surface area contributed by atoms with Gasteiger partial charge in [-0.05, 0) is 79.2 Å². The number of H-pyrrole nitrogens is 1. The van der Waals surface area contributed by atoms with Crippen LogP contribution in [0.5, 0.6) is 0 Å². The molecule has 3 heteroatoms. The Kier molecular flexibility index (Phi) is 6.11. The Morgan fingerprint density at radius 3 is 1.91 bits per heavy atom. The predicted molar refractivity (Wildman–Crippen MR) is 196 cm³/mol. The van der Waals surface area contributed by atoms with Gasteiger partial charge in [0.2, 0.25) is 0 Å². The molecule has 8 rings (SSSR count). The summed E-state index contributed by atoms with van der Waals surface area (Å²) in [6.07, 6.45) is 0. The number of benzene rings is 7. The summed E-state index contributed by atoms with van der Waals surface area (Å²) in [5, 5.41) is 9.31. The number of hydrogen-bond donors (Lipinski definition) is 1. The molecule has 0 aliphatic carbocycles. The lowest BCUT2D eigenvalue weighted by Crippen LogP contribution is -2.26. The zero-order chi connectivity index (χ0) is 32.0. The molecule has 0 bridgehead atoms. The number of carbonyl (C=O) groups is 1. The van der Waals surface area contributed by atoms with Gasteiger partial charge in [-0.15, -0.1) is 0 Å². The van der Waals surface area contributed by atoms with E-state index in [1.54, 1.807) is 0 Å². The van der Waals surface area contributed by atoms with Gasteiger partial charge in [-0.3, -0.25) is 9.69 Å². The number of aromatic amines is 1. The Bertz CT molecular complexity index is 2430. The van der Waals surface area contributed by atoms with Crippen LogP contribution in [0.25, 0.3) is 54.1 Å². The van der Waals surface area contributed by atoms with Gasteiger partial charge >= 0.3 is 0 Å². The number of fused-ring (bicyclic) bond motifs is 3. The molecule has 0 aliphatic rings. The predicted octanol–water partition coefficient (Wildman–Crippen LogP) is 11.8. The van der Waals surface area contributed by atoms with Crippen molar-refractivity contribution in [2.75, 3.05) is 4.90 Å². The van der Waals surface area contributed by atoms with Crippen LogP contribution in [0.3, 0.4) is 0 Å². The molecule has 3 nitrogen and oxygen atoms in total. The lowest BCUT2D eigenvalue weighted by molar-refractivity contribution is 0.100. The molecule has 0 saturated heterocycles. The van der Waals surface area contributed by atoms with Gasteiger partial charge in [0.15, 0.2) is 0 Å². The third kappa shape index (κ3) is 4.37. The second-order valence-corrected chi connectivity index (χ2v) is 14.7. The summed E-state index contributed by atoms with van der Waals surface area (Å²) in [7, 11) is 0. The van der Waals surface area contributed by atoms with Crippen LogP contribution < -0.4 is 4.90 Å². The first-order valence-corrected chi connectivity index (χ1v) is 16.2. The molecular formula is C43H38N2O. The van der Waals surface area contributed by atoms with E-state index in [1.165, 1.54) is 38.1 Å². The number of rotatable bonds is 3. The molecule has 46 heavy (non-hydrogen) atoms. The highest BCUT2D eigenvalue weighted by atomic mass is 16.2. The van der Waals surface area contributed by atoms with E-state index >= 15 is 4.79 Å². The molecule has 8 aromatic rings. The normalized spacial score (nSPS) is 12.7. The molecule has 1 heterocycles. The van der Waals surface area contributed by atoms with Crippen LogP contribution in [0.4, 0.5) is 11.4 Å². The Morgan fingerprint density at radius 1 is 0.565 bits per heavy atom. The molecule has 226 valence electrons. The van der Waals surface area contributed by atoms with Gasteiger partial charge in [0.05, 0.1) is 16.8 Å². The number of nitrogens with one attached hydrogen (secondary N) is 1. The highest BCUT2D eigenvalue weighted by Crippen LogP contribution is 2.43. The third-order valence-corrected chi connectivity index (χ3v) is 9.65. The lowest BCUT2D eigenvalue weighted by atomic mass is 9.83. The van der Waals surface area contributed by atoms with Crippen LogP contribution in [-0.2, 0) is 10.8 Å². The number of para-hydroxylation sites is 2. The topological polar surface area (TPSA) is 36.1 Å². The van der Waals surface area contributed by atoms with Gasteiger partial charge < -0.3 is 4.98 Å². The zero-order valence-electron chi connectivity index (χ0n) is 27.3. The van der Waals surface area contributed by atoms with E-state index in [0.717, 1.165) is 38.6 Å². The van der Waals surface area contributed by atoms with E-state index in [1.807, 2.05) is 29.2 Å². The molecule has 0 fully saturated rings. The van der Waals surface area contributed by atoms with E-state index in [0.29, 0.717) is 5.56 Å². The quantitative estimate of drug-likeness (QED) is 0.202. The second-order valence-electron chi connectivity index (χ2n) is 14.7. The minimum absolute atomic E-state index is 0.00221. The minimum atomic E-state index is -0.0642. The molecule has 1 N–H and O–H groups in total. The summed E-state index contributed by atoms with van der Waals surface area (Å²) >= 11 is 0. The fraction of sp³-hybridized carbons (Fsp3) is 0.186. The number of anilines is 2. The van der Waals surface area contributed by atoms with Crippen LogP contribution in [0.2, 0.25) is 0 Å². The molecule has 0 atom stereocenters. The lowest BCUT2D eigenvalue weighted by Gasteiger charge is -2.27. The van der Waals surface area contributed by atoms with E-state index in [2.05, 4.69) is 138 Å². The first-order chi connectivity index (χ1) is 22.0. The molecule has 7 aromatic carbocycles. The zero-order valence-corrected chi connectivity index (χ0v) is 27.3. The van der Waals surface area contributed by atoms with Crippen molar-refractivity contribution in [3.63, 3.8) is 0 Å². The summed E-state index contributed by atoms with van der Waals surface area (Å²) in [5.74, 6) is -0.0642. The monoisotopic (exact) mass is 598 g/mol. The summed E-state index contributed by atoms with van der Waals surface area (Å²) < 4.78 is 0. The number of hydrogen-bond acceptors (Lipinski definition) is 1. The van der Waals surface area contributed by atoms with Gasteiger partial charge in [-0.2, -0.15) is 0 Å². The van der Waals surface area contributed by atoms with E-state index in [9.17, 15) is 0 Å². The van der Waals surface area contributed by atoms with Crippen molar-refractivity contribution in [2.45, 2.75) is 52.4 Å². The average molecular weight is 599 g/mol. The van der Waals surface area contributed by atoms with Crippen LogP contribution >= 0.6 is 0 Å². The maximum Gasteiger partial charge on any atom is 0.264 e. The standard InChI is InChI=1S/C43H38N2O/c1-42(2,3)29-18-20-31(21-19-29)45(41(46)35-12-9-11-33-32-10-7-8-13-36(32)44-40(33)35)37-23-17-26-14-15-27-24-30(43(4,5)6)25-28-16-22-34(37)39(26)38(27)28/h7-25,44H,1-6H3. The highest BCUT2D eigenvalue weighted by molar-refractivity contribution is 6.28. The number of carbonyl (C=O) groups excluding carboxylic acids is 1. The fourth-order valence-electron chi connectivity index (χ4n) is 7.08. The molecule has 0 unspecified atom stereocenters. The summed E-state index contributed by atoms with van der Waals surface area (Å²) in [6.45, 7) is 13.4. The summed E-state index contributed by atoms with van der Waals surface area (Å²) in [6, 6.07) is 40.6. The molecular weight excluding hydrogens is 560 g/mol. The molecule has 1 amide bonds. The number of amides is 1. The van der Waals surface area contributed by atoms with Crippen molar-refractivity contribution in [1.82, 2.24) is 4.98 Å². The maximum absolute atomic E-state index is 15.0. The first-order valence-electron chi connectivity index (χ1n) is 16.2. The molecule has 0 saturated carbocycles. The summed E-state index contributed by atoms with van der Waals surface area (Å²) in [4.78, 5) is 20.5. The Morgan fingerprint density at radius 2 is 1.20 bits per heavy atom. The average Bonchev–Trinajstić information content (AvgIpc) is 3.42. The third-order valence-electron chi connectivity index (χ3n) is 9.65. The number of aromatic nitrogens is 1. The second kappa shape index (κ2) is 9.92. The van der Waals surface area contributed by atoms with Gasteiger partial charge in [-0.25, -0.2) is 0 Å². The van der Waals surface area contributed by atoms with Crippen LogP contribution in [-0.4, -0.2) is 10.9 Å². The van der Waals surface area contributed by atoms with Crippen LogP contribution in [0.15, 0.2) is 115 Å². The SMILES string of the molecule is CC(C)(C)c1ccc(N(C(=O)c2cccc3c2[nH]c2ccccc23)c2ccc3ccc4cc(C(C)(C)C)cc5ccc2c3c45)cc1. The Labute approximate surface area is 269 Å². The number of nitrogens with zero attached hydrogens (tertiary/aromatic N) is 1. The Balaban J connectivity index is 1.39. The van der Waals surface area contributed by atoms with E-state index in [-0.39, 0.29) is 16.7 Å². The largest absolute Gasteiger partial charge is 0.354 e. The minimum Gasteiger partial charge on any atom is -0.354 e. The van der Waals surface area contributed by atoms with Crippen molar-refractivity contribution in [2.24, 2.45) is 0 Å². The summed E-state index contributed by atoms with van der Waals surface area (Å²) in [5.41, 5.74) is 6.85. The van der Waals surface area contributed by atoms with Crippen molar-refractivity contribution in [3.8, 4) is 0 Å². The molecule has 0 radical (unpaired) electrons. The van der Waals surface area contributed by atoms with Gasteiger partial charge in [0, 0.05) is 27.4 Å². The smallest absolute Gasteiger partial charge is 0.264 e. The fourth-order valence-corrected chi connectivity index (χ4v) is 7.08. The van der Waals surface area contributed by atoms with Crippen molar-refractivity contribution >= 4 is 71.4 Å². The van der Waals surface area contributed by atoms with Crippen LogP contribution in [0, 0.1) is 0 Å². The van der Waals surface area contributed by atoms with Crippen molar-refractivity contribution in [1.29, 1.82) is 0 Å². The van der Waals surface area contributed by atoms with Gasteiger partial charge in [0.25, 0.3) is 5.91 Å². The van der Waals surface area contributed by atoms with Crippen molar-refractivity contribution < 1.29 is 4.79 Å². The first kappa shape index (κ1) is 28.3. The Hall–Kier alpha value is -5.15. The molecule has 1 aromatic heterocycles. The van der Waals surface area contributed by atoms with E-state index in [4.69, 9.17) is 0 Å². The molecule has 0 spiro atoms. The highest BCUT2D eigenvalue weighted by Gasteiger charge is 2.27. The molecule has 0 aliphatic heterocycles. The van der Waals surface area contributed by atoms with Crippen LogP contribution in [0.1, 0.15) is 63.0 Å².